The van der Waals surface area contributed by atoms with Crippen LogP contribution in [0.3, 0.4) is 0 Å². The van der Waals surface area contributed by atoms with E-state index in [0.717, 1.165) is 6.42 Å². The van der Waals surface area contributed by atoms with E-state index in [2.05, 4.69) is 0 Å². The topological polar surface area (TPSA) is 9.23 Å². The molecule has 0 rings (SSSR count). The highest BCUT2D eigenvalue weighted by atomic mass is 19.3. The maximum atomic E-state index is 12.3. The molecule has 0 radical (unpaired) electrons. The maximum absolute atomic E-state index is 12.3. The Bertz CT molecular complexity index is 151. The summed E-state index contributed by atoms with van der Waals surface area (Å²) >= 11 is 0. The van der Waals surface area contributed by atoms with Crippen molar-refractivity contribution in [1.82, 2.24) is 0 Å². The molecule has 0 amide bonds. The highest BCUT2D eigenvalue weighted by Crippen LogP contribution is 2.23. The molecule has 0 fully saturated rings. The molecule has 3 heteroatoms. The smallest absolute Gasteiger partial charge is 0.269 e. The van der Waals surface area contributed by atoms with Crippen LogP contribution in [0.15, 0.2) is 11.7 Å². The lowest BCUT2D eigenvalue weighted by atomic mass is 9.97. The van der Waals surface area contributed by atoms with Gasteiger partial charge in [0.05, 0.1) is 6.61 Å². The Morgan fingerprint density at radius 2 is 2.00 bits per heavy atom. The monoisotopic (exact) mass is 178 g/mol. The number of hydrogen-bond donors (Lipinski definition) is 0. The molecule has 0 heterocycles. The lowest BCUT2D eigenvalue weighted by Crippen LogP contribution is -2.02. The molecule has 0 aromatic carbocycles. The van der Waals surface area contributed by atoms with Gasteiger partial charge in [-0.1, -0.05) is 13.8 Å². The molecule has 0 spiro atoms. The van der Waals surface area contributed by atoms with Crippen molar-refractivity contribution < 1.29 is 13.5 Å². The van der Waals surface area contributed by atoms with E-state index in [-0.39, 0.29) is 11.5 Å². The molecule has 0 aliphatic rings. The molecule has 0 aliphatic carbocycles. The van der Waals surface area contributed by atoms with Crippen LogP contribution < -0.4 is 0 Å². The highest BCUT2D eigenvalue weighted by Gasteiger charge is 2.12. The fraction of sp³-hybridized carbons (Fsp3) is 0.778. The third-order valence-corrected chi connectivity index (χ3v) is 2.03. The third kappa shape index (κ3) is 3.81. The number of methoxy groups -OCH3 is 1. The van der Waals surface area contributed by atoms with Crippen LogP contribution in [0.1, 0.15) is 26.7 Å². The van der Waals surface area contributed by atoms with Crippen LogP contribution >= 0.6 is 0 Å². The Morgan fingerprint density at radius 1 is 1.42 bits per heavy atom. The van der Waals surface area contributed by atoms with E-state index in [1.165, 1.54) is 7.11 Å². The predicted octanol–water partition coefficient (Wildman–Crippen LogP) is 3.22. The first-order valence-electron chi connectivity index (χ1n) is 4.16. The standard InChI is InChI=1S/C9H16F2O/c1-4-7(2)8(9(10)11)5-6-12-3/h7H,4-6H2,1-3H3. The average molecular weight is 178 g/mol. The van der Waals surface area contributed by atoms with Gasteiger partial charge in [0.25, 0.3) is 6.08 Å². The number of rotatable bonds is 5. The molecule has 12 heavy (non-hydrogen) atoms. The Kier molecular flexibility index (Phi) is 5.89. The Morgan fingerprint density at radius 3 is 2.33 bits per heavy atom. The summed E-state index contributed by atoms with van der Waals surface area (Å²) < 4.78 is 29.3. The van der Waals surface area contributed by atoms with Gasteiger partial charge in [-0.3, -0.25) is 0 Å². The molecule has 0 saturated carbocycles. The van der Waals surface area contributed by atoms with Gasteiger partial charge in [0.2, 0.25) is 0 Å². The minimum absolute atomic E-state index is 0.0369. The Labute approximate surface area is 72.4 Å². The Balaban J connectivity index is 4.15. The first kappa shape index (κ1) is 11.6. The van der Waals surface area contributed by atoms with Crippen molar-refractivity contribution in [2.24, 2.45) is 5.92 Å². The SMILES string of the molecule is CCC(C)C(CCOC)=C(F)F. The van der Waals surface area contributed by atoms with E-state index in [1.807, 2.05) is 13.8 Å². The van der Waals surface area contributed by atoms with Gasteiger partial charge < -0.3 is 4.74 Å². The van der Waals surface area contributed by atoms with E-state index in [9.17, 15) is 8.78 Å². The van der Waals surface area contributed by atoms with Gasteiger partial charge in [0.15, 0.2) is 0 Å². The molecule has 0 N–H and O–H groups in total. The number of halogens is 2. The summed E-state index contributed by atoms with van der Waals surface area (Å²) in [5, 5.41) is 0. The highest BCUT2D eigenvalue weighted by molar-refractivity contribution is 5.06. The largest absolute Gasteiger partial charge is 0.384 e. The molecule has 0 aromatic heterocycles. The van der Waals surface area contributed by atoms with E-state index in [4.69, 9.17) is 4.74 Å². The summed E-state index contributed by atoms with van der Waals surface area (Å²) in [6, 6.07) is 0. The van der Waals surface area contributed by atoms with Crippen LogP contribution in [0, 0.1) is 5.92 Å². The van der Waals surface area contributed by atoms with Gasteiger partial charge in [0, 0.05) is 12.7 Å². The second-order valence-corrected chi connectivity index (χ2v) is 2.84. The van der Waals surface area contributed by atoms with Crippen LogP contribution in [0.25, 0.3) is 0 Å². The summed E-state index contributed by atoms with van der Waals surface area (Å²) in [6.45, 7) is 4.08. The summed E-state index contributed by atoms with van der Waals surface area (Å²) in [6.07, 6.45) is -0.453. The van der Waals surface area contributed by atoms with Gasteiger partial charge in [-0.15, -0.1) is 0 Å². The first-order valence-corrected chi connectivity index (χ1v) is 4.16. The van der Waals surface area contributed by atoms with Crippen molar-refractivity contribution >= 4 is 0 Å². The molecule has 1 unspecified atom stereocenters. The molecular formula is C9H16F2O. The summed E-state index contributed by atoms with van der Waals surface area (Å²) in [7, 11) is 1.52. The molecule has 0 aliphatic heterocycles. The molecule has 0 bridgehead atoms. The quantitative estimate of drug-likeness (QED) is 0.628. The molecule has 0 aromatic rings. The van der Waals surface area contributed by atoms with Gasteiger partial charge >= 0.3 is 0 Å². The number of ether oxygens (including phenoxy) is 1. The van der Waals surface area contributed by atoms with Crippen molar-refractivity contribution in [2.75, 3.05) is 13.7 Å². The minimum Gasteiger partial charge on any atom is -0.384 e. The van der Waals surface area contributed by atoms with Crippen LogP contribution in [0.5, 0.6) is 0 Å². The number of hydrogen-bond acceptors (Lipinski definition) is 1. The fourth-order valence-corrected chi connectivity index (χ4v) is 0.986. The van der Waals surface area contributed by atoms with Crippen molar-refractivity contribution in [3.8, 4) is 0 Å². The van der Waals surface area contributed by atoms with Crippen molar-refractivity contribution in [3.63, 3.8) is 0 Å². The van der Waals surface area contributed by atoms with Crippen LogP contribution in [0.4, 0.5) is 8.78 Å². The zero-order chi connectivity index (χ0) is 9.56. The van der Waals surface area contributed by atoms with Crippen molar-refractivity contribution in [2.45, 2.75) is 26.7 Å². The first-order chi connectivity index (χ1) is 5.63. The maximum Gasteiger partial charge on any atom is 0.269 e. The van der Waals surface area contributed by atoms with Crippen LogP contribution in [-0.4, -0.2) is 13.7 Å². The second kappa shape index (κ2) is 6.12. The summed E-state index contributed by atoms with van der Waals surface area (Å²) in [5.74, 6) is -0.0369. The predicted molar refractivity (Wildman–Crippen MR) is 45.2 cm³/mol. The minimum atomic E-state index is -1.54. The average Bonchev–Trinajstić information content (AvgIpc) is 2.04. The molecule has 1 atom stereocenters. The lowest BCUT2D eigenvalue weighted by Gasteiger charge is -2.11. The van der Waals surface area contributed by atoms with E-state index in [1.54, 1.807) is 0 Å². The van der Waals surface area contributed by atoms with E-state index < -0.39 is 6.08 Å². The summed E-state index contributed by atoms with van der Waals surface area (Å²) in [4.78, 5) is 0. The zero-order valence-electron chi connectivity index (χ0n) is 7.86. The van der Waals surface area contributed by atoms with Gasteiger partial charge in [-0.2, -0.15) is 8.78 Å². The van der Waals surface area contributed by atoms with Crippen LogP contribution in [0.2, 0.25) is 0 Å². The molecule has 1 nitrogen and oxygen atoms in total. The van der Waals surface area contributed by atoms with Gasteiger partial charge in [-0.25, -0.2) is 0 Å². The fourth-order valence-electron chi connectivity index (χ4n) is 0.986. The normalized spacial score (nSPS) is 12.8. The van der Waals surface area contributed by atoms with Crippen molar-refractivity contribution in [1.29, 1.82) is 0 Å². The molecular weight excluding hydrogens is 162 g/mol. The Hall–Kier alpha value is -0.440. The van der Waals surface area contributed by atoms with E-state index in [0.29, 0.717) is 13.0 Å². The molecule has 72 valence electrons. The van der Waals surface area contributed by atoms with Crippen LogP contribution in [-0.2, 0) is 4.74 Å². The van der Waals surface area contributed by atoms with E-state index >= 15 is 0 Å². The lowest BCUT2D eigenvalue weighted by molar-refractivity contribution is 0.197. The third-order valence-electron chi connectivity index (χ3n) is 2.03. The van der Waals surface area contributed by atoms with Gasteiger partial charge in [-0.05, 0) is 18.8 Å². The van der Waals surface area contributed by atoms with Crippen molar-refractivity contribution in [3.05, 3.63) is 11.7 Å². The van der Waals surface area contributed by atoms with Gasteiger partial charge in [0.1, 0.15) is 0 Å². The summed E-state index contributed by atoms with van der Waals surface area (Å²) in [5.41, 5.74) is 0.236. The zero-order valence-corrected chi connectivity index (χ0v) is 7.86. The second-order valence-electron chi connectivity index (χ2n) is 2.84. The molecule has 0 saturated heterocycles.